The van der Waals surface area contributed by atoms with Crippen LogP contribution in [-0.4, -0.2) is 5.11 Å². The van der Waals surface area contributed by atoms with Crippen LogP contribution in [0, 0.1) is 0 Å². The van der Waals surface area contributed by atoms with Crippen LogP contribution < -0.4 is 0 Å². The zero-order valence-corrected chi connectivity index (χ0v) is 25.3. The Bertz CT molecular complexity index is 784. The molecule has 0 saturated carbocycles. The first kappa shape index (κ1) is 30.2. The SMILES string of the molecule is CCCCCC(CCCC)(CCCC)c1c(CCCC)c(C(C)(C)C)c(O)c2c1CCCC2(C)C. The normalized spacial score (nSPS) is 15.9. The molecule has 0 heterocycles. The fourth-order valence-electron chi connectivity index (χ4n) is 7.20. The van der Waals surface area contributed by atoms with E-state index in [4.69, 9.17) is 0 Å². The summed E-state index contributed by atoms with van der Waals surface area (Å²) in [6.45, 7) is 21.2. The summed E-state index contributed by atoms with van der Waals surface area (Å²) in [4.78, 5) is 0. The summed E-state index contributed by atoms with van der Waals surface area (Å²) < 4.78 is 0. The molecule has 0 radical (unpaired) electrons. The maximum atomic E-state index is 12.0. The molecular formula is C34H60O. The molecule has 0 amide bonds. The number of phenolic OH excluding ortho intramolecular Hbond substituents is 1. The van der Waals surface area contributed by atoms with E-state index in [0.717, 1.165) is 12.8 Å². The van der Waals surface area contributed by atoms with Gasteiger partial charge >= 0.3 is 0 Å². The molecule has 1 aromatic carbocycles. The maximum absolute atomic E-state index is 12.0. The predicted octanol–water partition coefficient (Wildman–Crippen LogP) is 10.8. The Morgan fingerprint density at radius 1 is 0.743 bits per heavy atom. The molecule has 0 aliphatic heterocycles. The van der Waals surface area contributed by atoms with E-state index in [1.165, 1.54) is 101 Å². The van der Waals surface area contributed by atoms with Crippen LogP contribution in [0.5, 0.6) is 5.75 Å². The summed E-state index contributed by atoms with van der Waals surface area (Å²) in [7, 11) is 0. The van der Waals surface area contributed by atoms with E-state index < -0.39 is 0 Å². The number of benzene rings is 1. The lowest BCUT2D eigenvalue weighted by Crippen LogP contribution is -2.35. The second-order valence-electron chi connectivity index (χ2n) is 13.5. The molecule has 1 N–H and O–H groups in total. The van der Waals surface area contributed by atoms with E-state index in [1.54, 1.807) is 16.7 Å². The lowest BCUT2D eigenvalue weighted by molar-refractivity contribution is 0.295. The number of phenols is 1. The fourth-order valence-corrected chi connectivity index (χ4v) is 7.20. The van der Waals surface area contributed by atoms with Crippen molar-refractivity contribution in [3.63, 3.8) is 0 Å². The molecule has 0 atom stereocenters. The van der Waals surface area contributed by atoms with Gasteiger partial charge in [0.15, 0.2) is 0 Å². The summed E-state index contributed by atoms with van der Waals surface area (Å²) >= 11 is 0. The Balaban J connectivity index is 3.02. The number of hydrogen-bond acceptors (Lipinski definition) is 1. The molecule has 0 saturated heterocycles. The first-order valence-electron chi connectivity index (χ1n) is 15.4. The van der Waals surface area contributed by atoms with Crippen LogP contribution >= 0.6 is 0 Å². The van der Waals surface area contributed by atoms with Crippen LogP contribution in [0.4, 0.5) is 0 Å². The molecule has 1 aliphatic carbocycles. The van der Waals surface area contributed by atoms with Crippen molar-refractivity contribution in [2.75, 3.05) is 0 Å². The number of rotatable bonds is 14. The average molecular weight is 485 g/mol. The van der Waals surface area contributed by atoms with Crippen LogP contribution in [0.2, 0.25) is 0 Å². The van der Waals surface area contributed by atoms with Gasteiger partial charge in [-0.1, -0.05) is 114 Å². The Hall–Kier alpha value is -0.980. The van der Waals surface area contributed by atoms with Crippen LogP contribution in [0.1, 0.15) is 180 Å². The van der Waals surface area contributed by atoms with Gasteiger partial charge in [-0.05, 0) is 84.3 Å². The second kappa shape index (κ2) is 13.0. The molecule has 35 heavy (non-hydrogen) atoms. The van der Waals surface area contributed by atoms with Gasteiger partial charge in [-0.15, -0.1) is 0 Å². The lowest BCUT2D eigenvalue weighted by Gasteiger charge is -2.45. The van der Waals surface area contributed by atoms with Gasteiger partial charge in [0.05, 0.1) is 0 Å². The average Bonchev–Trinajstić information content (AvgIpc) is 2.78. The molecule has 1 aromatic rings. The highest BCUT2D eigenvalue weighted by atomic mass is 16.3. The van der Waals surface area contributed by atoms with Gasteiger partial charge < -0.3 is 5.11 Å². The van der Waals surface area contributed by atoms with E-state index in [1.807, 2.05) is 0 Å². The molecule has 1 heteroatoms. The molecule has 0 fully saturated rings. The molecule has 1 nitrogen and oxygen atoms in total. The van der Waals surface area contributed by atoms with Gasteiger partial charge in [0.25, 0.3) is 0 Å². The zero-order valence-electron chi connectivity index (χ0n) is 25.3. The molecule has 0 aromatic heterocycles. The van der Waals surface area contributed by atoms with Gasteiger partial charge in [-0.2, -0.15) is 0 Å². The number of unbranched alkanes of at least 4 members (excludes halogenated alkanes) is 5. The molecule has 0 bridgehead atoms. The molecule has 0 unspecified atom stereocenters. The largest absolute Gasteiger partial charge is 0.507 e. The molecule has 202 valence electrons. The minimum absolute atomic E-state index is 0.0420. The Kier molecular flexibility index (Phi) is 11.2. The zero-order chi connectivity index (χ0) is 26.3. The predicted molar refractivity (Wildman–Crippen MR) is 156 cm³/mol. The van der Waals surface area contributed by atoms with Gasteiger partial charge in [-0.25, -0.2) is 0 Å². The maximum Gasteiger partial charge on any atom is 0.123 e. The number of aromatic hydroxyl groups is 1. The summed E-state index contributed by atoms with van der Waals surface area (Å²) in [5.41, 5.74) is 7.69. The van der Waals surface area contributed by atoms with Crippen molar-refractivity contribution in [2.45, 2.75) is 181 Å². The molecule has 0 spiro atoms. The summed E-state index contributed by atoms with van der Waals surface area (Å²) in [5, 5.41) is 12.0. The van der Waals surface area contributed by atoms with Crippen molar-refractivity contribution in [3.05, 3.63) is 27.8 Å². The third-order valence-electron chi connectivity index (χ3n) is 8.92. The van der Waals surface area contributed by atoms with Crippen LogP contribution in [0.15, 0.2) is 0 Å². The lowest BCUT2D eigenvalue weighted by atomic mass is 9.59. The third kappa shape index (κ3) is 6.87. The number of fused-ring (bicyclic) bond motifs is 1. The first-order valence-corrected chi connectivity index (χ1v) is 15.4. The molecule has 1 aliphatic rings. The molecular weight excluding hydrogens is 424 g/mol. The van der Waals surface area contributed by atoms with Crippen molar-refractivity contribution in [1.29, 1.82) is 0 Å². The van der Waals surface area contributed by atoms with Gasteiger partial charge in [0, 0.05) is 11.1 Å². The fraction of sp³-hybridized carbons (Fsp3) is 0.824. The quantitative estimate of drug-likeness (QED) is 0.260. The Morgan fingerprint density at radius 3 is 1.80 bits per heavy atom. The smallest absolute Gasteiger partial charge is 0.123 e. The van der Waals surface area contributed by atoms with Gasteiger partial charge in [0.1, 0.15) is 5.75 Å². The minimum Gasteiger partial charge on any atom is -0.507 e. The number of hydrogen-bond donors (Lipinski definition) is 1. The highest BCUT2D eigenvalue weighted by Crippen LogP contribution is 2.54. The van der Waals surface area contributed by atoms with E-state index in [9.17, 15) is 5.11 Å². The van der Waals surface area contributed by atoms with Crippen molar-refractivity contribution in [2.24, 2.45) is 0 Å². The molecule has 2 rings (SSSR count). The van der Waals surface area contributed by atoms with Crippen LogP contribution in [-0.2, 0) is 29.1 Å². The van der Waals surface area contributed by atoms with Gasteiger partial charge in [0.2, 0.25) is 0 Å². The summed E-state index contributed by atoms with van der Waals surface area (Å²) in [6, 6.07) is 0. The van der Waals surface area contributed by atoms with Crippen LogP contribution in [0.25, 0.3) is 0 Å². The first-order chi connectivity index (χ1) is 16.5. The monoisotopic (exact) mass is 484 g/mol. The second-order valence-corrected chi connectivity index (χ2v) is 13.5. The highest BCUT2D eigenvalue weighted by molar-refractivity contribution is 5.63. The van der Waals surface area contributed by atoms with Crippen molar-refractivity contribution >= 4 is 0 Å². The topological polar surface area (TPSA) is 20.2 Å². The summed E-state index contributed by atoms with van der Waals surface area (Å²) in [5.74, 6) is 0.653. The van der Waals surface area contributed by atoms with Crippen molar-refractivity contribution < 1.29 is 5.11 Å². The van der Waals surface area contributed by atoms with E-state index in [2.05, 4.69) is 62.3 Å². The van der Waals surface area contributed by atoms with E-state index in [-0.39, 0.29) is 16.2 Å². The highest BCUT2D eigenvalue weighted by Gasteiger charge is 2.43. The minimum atomic E-state index is -0.0604. The third-order valence-corrected chi connectivity index (χ3v) is 8.92. The van der Waals surface area contributed by atoms with Crippen LogP contribution in [0.3, 0.4) is 0 Å². The van der Waals surface area contributed by atoms with Crippen molar-refractivity contribution in [3.8, 4) is 5.75 Å². The summed E-state index contributed by atoms with van der Waals surface area (Å²) in [6.07, 6.45) is 20.2. The standard InChI is InChI=1S/C34H60O/c1-10-14-18-25-34(23-16-12-3,24-17-13-4)28-26(20-15-11-2)29(32(5,6)7)31(35)30-27(28)21-19-22-33(30,8)9/h35H,10-25H2,1-9H3. The van der Waals surface area contributed by atoms with Crippen molar-refractivity contribution in [1.82, 2.24) is 0 Å². The van der Waals surface area contributed by atoms with Gasteiger partial charge in [-0.3, -0.25) is 0 Å². The Labute approximate surface area is 219 Å². The Morgan fingerprint density at radius 2 is 1.29 bits per heavy atom. The van der Waals surface area contributed by atoms with E-state index in [0.29, 0.717) is 5.75 Å². The van der Waals surface area contributed by atoms with E-state index >= 15 is 0 Å².